The Hall–Kier alpha value is -5.12. The second kappa shape index (κ2) is 10.4. The Labute approximate surface area is 203 Å². The van der Waals surface area contributed by atoms with Gasteiger partial charge in [-0.2, -0.15) is 0 Å². The van der Waals surface area contributed by atoms with Gasteiger partial charge in [-0.15, -0.1) is 0 Å². The third-order valence-corrected chi connectivity index (χ3v) is 5.35. The number of rotatable bonds is 9. The van der Waals surface area contributed by atoms with E-state index in [0.29, 0.717) is 11.1 Å². The number of carboxylic acid groups (broad SMARTS) is 2. The monoisotopic (exact) mass is 488 g/mol. The van der Waals surface area contributed by atoms with Crippen molar-refractivity contribution in [3.05, 3.63) is 116 Å². The maximum absolute atomic E-state index is 12.7. The Bertz CT molecular complexity index is 1440. The lowest BCUT2D eigenvalue weighted by Gasteiger charge is -2.14. The first-order chi connectivity index (χ1) is 17.3. The van der Waals surface area contributed by atoms with Gasteiger partial charge in [0.05, 0.1) is 22.3 Å². The number of aromatic amines is 2. The zero-order valence-electron chi connectivity index (χ0n) is 18.7. The van der Waals surface area contributed by atoms with E-state index in [2.05, 4.69) is 9.97 Å². The van der Waals surface area contributed by atoms with E-state index in [9.17, 15) is 29.4 Å². The summed E-state index contributed by atoms with van der Waals surface area (Å²) in [6, 6.07) is 15.0. The summed E-state index contributed by atoms with van der Waals surface area (Å²) in [6.07, 6.45) is 2.88. The first kappa shape index (κ1) is 24.0. The molecule has 182 valence electrons. The number of H-pyrrole nitrogens is 2. The van der Waals surface area contributed by atoms with Gasteiger partial charge in [0.15, 0.2) is 0 Å². The molecular formula is C26H20N2O8. The molecular weight excluding hydrogens is 468 g/mol. The van der Waals surface area contributed by atoms with Gasteiger partial charge in [-0.3, -0.25) is 9.59 Å². The largest absolute Gasteiger partial charge is 0.489 e. The smallest absolute Gasteiger partial charge is 0.335 e. The van der Waals surface area contributed by atoms with E-state index in [4.69, 9.17) is 9.47 Å². The second-order valence-corrected chi connectivity index (χ2v) is 7.64. The van der Waals surface area contributed by atoms with E-state index in [1.807, 2.05) is 0 Å². The predicted molar refractivity (Wildman–Crippen MR) is 129 cm³/mol. The summed E-state index contributed by atoms with van der Waals surface area (Å²) in [5.41, 5.74) is 0.489. The van der Waals surface area contributed by atoms with Crippen LogP contribution in [0.3, 0.4) is 0 Å². The van der Waals surface area contributed by atoms with Crippen molar-refractivity contribution in [1.82, 2.24) is 9.97 Å². The van der Waals surface area contributed by atoms with Crippen LogP contribution in [0, 0.1) is 0 Å². The van der Waals surface area contributed by atoms with Gasteiger partial charge >= 0.3 is 11.9 Å². The van der Waals surface area contributed by atoms with E-state index in [0.717, 1.165) is 0 Å². The average Bonchev–Trinajstić information content (AvgIpc) is 2.87. The molecule has 0 aliphatic carbocycles. The van der Waals surface area contributed by atoms with Crippen molar-refractivity contribution < 1.29 is 29.3 Å². The Kier molecular flexibility index (Phi) is 6.96. The van der Waals surface area contributed by atoms with Gasteiger partial charge in [-0.25, -0.2) is 9.59 Å². The number of pyridine rings is 2. The van der Waals surface area contributed by atoms with Crippen LogP contribution >= 0.6 is 0 Å². The normalized spacial score (nSPS) is 10.6. The van der Waals surface area contributed by atoms with Gasteiger partial charge in [0.25, 0.3) is 11.1 Å². The van der Waals surface area contributed by atoms with Crippen molar-refractivity contribution in [3.63, 3.8) is 0 Å². The fourth-order valence-electron chi connectivity index (χ4n) is 3.56. The van der Waals surface area contributed by atoms with Crippen LogP contribution in [0.5, 0.6) is 11.5 Å². The Morgan fingerprint density at radius 1 is 0.667 bits per heavy atom. The third-order valence-electron chi connectivity index (χ3n) is 5.35. The van der Waals surface area contributed by atoms with Crippen molar-refractivity contribution in [2.75, 3.05) is 0 Å². The minimum absolute atomic E-state index is 0.0377. The minimum Gasteiger partial charge on any atom is -0.489 e. The lowest BCUT2D eigenvalue weighted by molar-refractivity contribution is 0.0685. The van der Waals surface area contributed by atoms with E-state index in [1.165, 1.54) is 48.8 Å². The number of nitrogens with one attached hydrogen (secondary N) is 2. The maximum Gasteiger partial charge on any atom is 0.335 e. The maximum atomic E-state index is 12.7. The van der Waals surface area contributed by atoms with Crippen molar-refractivity contribution in [2.24, 2.45) is 0 Å². The molecule has 0 fully saturated rings. The molecule has 10 heteroatoms. The molecule has 0 unspecified atom stereocenters. The van der Waals surface area contributed by atoms with Crippen LogP contribution in [0.2, 0.25) is 0 Å². The molecule has 2 aromatic heterocycles. The molecule has 0 amide bonds. The molecule has 0 bridgehead atoms. The number of benzene rings is 2. The van der Waals surface area contributed by atoms with Gasteiger partial charge < -0.3 is 29.7 Å². The highest BCUT2D eigenvalue weighted by Crippen LogP contribution is 2.26. The number of carbonyl (C=O) groups is 2. The number of hydrogen-bond acceptors (Lipinski definition) is 6. The lowest BCUT2D eigenvalue weighted by atomic mass is 9.98. The summed E-state index contributed by atoms with van der Waals surface area (Å²) in [6.45, 7) is -0.384. The van der Waals surface area contributed by atoms with Crippen molar-refractivity contribution in [1.29, 1.82) is 0 Å². The molecule has 4 rings (SSSR count). The summed E-state index contributed by atoms with van der Waals surface area (Å²) in [7, 11) is 0. The highest BCUT2D eigenvalue weighted by molar-refractivity contribution is 5.88. The molecule has 0 saturated carbocycles. The fraction of sp³-hybridized carbons (Fsp3) is 0.0769. The van der Waals surface area contributed by atoms with Gasteiger partial charge in [-0.05, 0) is 59.7 Å². The number of carboxylic acids is 2. The second-order valence-electron chi connectivity index (χ2n) is 7.64. The summed E-state index contributed by atoms with van der Waals surface area (Å²) in [4.78, 5) is 53.0. The summed E-state index contributed by atoms with van der Waals surface area (Å²) < 4.78 is 11.4. The number of aromatic carboxylic acids is 2. The van der Waals surface area contributed by atoms with E-state index >= 15 is 0 Å². The van der Waals surface area contributed by atoms with Crippen LogP contribution in [0.4, 0.5) is 0 Å². The zero-order valence-corrected chi connectivity index (χ0v) is 18.7. The van der Waals surface area contributed by atoms with Crippen LogP contribution in [0.1, 0.15) is 31.8 Å². The van der Waals surface area contributed by atoms with Crippen LogP contribution in [-0.2, 0) is 13.2 Å². The average molecular weight is 488 g/mol. The van der Waals surface area contributed by atoms with E-state index in [1.54, 1.807) is 24.3 Å². The Morgan fingerprint density at radius 2 is 1.08 bits per heavy atom. The summed E-state index contributed by atoms with van der Waals surface area (Å²) in [5.74, 6) is -1.70. The number of hydrogen-bond donors (Lipinski definition) is 4. The number of ether oxygens (including phenoxy) is 2. The number of aromatic nitrogens is 2. The van der Waals surface area contributed by atoms with Crippen molar-refractivity contribution in [3.8, 4) is 22.6 Å². The molecule has 2 aromatic carbocycles. The molecule has 36 heavy (non-hydrogen) atoms. The highest BCUT2D eigenvalue weighted by Gasteiger charge is 2.17. The molecule has 0 spiro atoms. The Morgan fingerprint density at radius 3 is 1.47 bits per heavy atom. The van der Waals surface area contributed by atoms with Crippen LogP contribution < -0.4 is 20.6 Å². The fourth-order valence-corrected chi connectivity index (χ4v) is 3.56. The van der Waals surface area contributed by atoms with Gasteiger partial charge in [0.1, 0.15) is 24.7 Å². The molecule has 10 nitrogen and oxygen atoms in total. The molecule has 0 atom stereocenters. The van der Waals surface area contributed by atoms with Gasteiger partial charge in [-0.1, -0.05) is 12.1 Å². The van der Waals surface area contributed by atoms with E-state index in [-0.39, 0.29) is 47.0 Å². The van der Waals surface area contributed by atoms with Crippen LogP contribution in [0.25, 0.3) is 11.1 Å². The summed E-state index contributed by atoms with van der Waals surface area (Å²) in [5, 5.41) is 18.4. The first-order valence-corrected chi connectivity index (χ1v) is 10.7. The molecule has 4 aromatic rings. The first-order valence-electron chi connectivity index (χ1n) is 10.7. The lowest BCUT2D eigenvalue weighted by Crippen LogP contribution is -2.19. The molecule has 0 radical (unpaired) electrons. The molecule has 2 heterocycles. The standard InChI is InChI=1S/C26H20N2O8/c29-23-21(13-35-17-5-1-3-15(11-17)25(31)32)19(7-9-27-23)20-8-10-28-24(30)22(20)14-36-18-6-2-4-16(12-18)26(33)34/h1-12H,13-14H2,(H,27,29)(H,28,30)(H,31,32)(H,33,34). The van der Waals surface area contributed by atoms with E-state index < -0.39 is 23.1 Å². The van der Waals surface area contributed by atoms with Gasteiger partial charge in [0, 0.05) is 12.4 Å². The quantitative estimate of drug-likeness (QED) is 0.279. The molecule has 4 N–H and O–H groups in total. The molecule has 0 saturated heterocycles. The SMILES string of the molecule is O=C(O)c1cccc(OCc2c(-c3cc[nH]c(=O)c3COc3cccc(C(=O)O)c3)cc[nH]c2=O)c1. The third kappa shape index (κ3) is 5.33. The highest BCUT2D eigenvalue weighted by atomic mass is 16.5. The minimum atomic E-state index is -1.11. The van der Waals surface area contributed by atoms with Crippen LogP contribution in [-0.4, -0.2) is 32.1 Å². The van der Waals surface area contributed by atoms with Crippen molar-refractivity contribution >= 4 is 11.9 Å². The van der Waals surface area contributed by atoms with Crippen molar-refractivity contribution in [2.45, 2.75) is 13.2 Å². The predicted octanol–water partition coefficient (Wildman–Crippen LogP) is 3.28. The molecule has 0 aliphatic rings. The topological polar surface area (TPSA) is 159 Å². The van der Waals surface area contributed by atoms with Gasteiger partial charge in [0.2, 0.25) is 0 Å². The summed E-state index contributed by atoms with van der Waals surface area (Å²) >= 11 is 0. The van der Waals surface area contributed by atoms with Crippen LogP contribution in [0.15, 0.2) is 82.6 Å². The Balaban J connectivity index is 1.65. The molecule has 0 aliphatic heterocycles. The zero-order chi connectivity index (χ0) is 25.7.